The molecule has 2 fully saturated rings. The van der Waals surface area contributed by atoms with E-state index in [4.69, 9.17) is 0 Å². The van der Waals surface area contributed by atoms with E-state index in [-0.39, 0.29) is 12.1 Å². The monoisotopic (exact) mass is 239 g/mol. The van der Waals surface area contributed by atoms with Crippen molar-refractivity contribution in [3.05, 3.63) is 0 Å². The van der Waals surface area contributed by atoms with Crippen LogP contribution >= 0.6 is 0 Å². The number of rotatable bonds is 2. The zero-order chi connectivity index (χ0) is 12.1. The van der Waals surface area contributed by atoms with Crippen molar-refractivity contribution in [2.24, 2.45) is 0 Å². The molecule has 98 valence electrons. The van der Waals surface area contributed by atoms with Crippen LogP contribution in [0.2, 0.25) is 0 Å². The molecule has 0 aromatic rings. The number of likely N-dealkylation sites (tertiary alicyclic amines) is 1. The SMILES string of the molecule is CC(NC(=O)N1CCCCC1)C1CCCCN1. The first-order valence-corrected chi connectivity index (χ1v) is 7.06. The molecule has 2 atom stereocenters. The lowest BCUT2D eigenvalue weighted by atomic mass is 9.99. The number of nitrogens with one attached hydrogen (secondary N) is 2. The van der Waals surface area contributed by atoms with Crippen LogP contribution in [0, 0.1) is 0 Å². The molecule has 0 saturated carbocycles. The van der Waals surface area contributed by atoms with Crippen LogP contribution in [0.4, 0.5) is 4.79 Å². The van der Waals surface area contributed by atoms with E-state index in [1.165, 1.54) is 25.7 Å². The molecule has 0 aromatic carbocycles. The molecular formula is C13H25N3O. The molecular weight excluding hydrogens is 214 g/mol. The van der Waals surface area contributed by atoms with E-state index in [9.17, 15) is 4.79 Å². The largest absolute Gasteiger partial charge is 0.334 e. The van der Waals surface area contributed by atoms with E-state index < -0.39 is 0 Å². The zero-order valence-electron chi connectivity index (χ0n) is 10.9. The number of carbonyl (C=O) groups excluding carboxylic acids is 1. The third-order valence-corrected chi connectivity index (χ3v) is 3.95. The minimum absolute atomic E-state index is 0.129. The standard InChI is InChI=1S/C13H25N3O/c1-11(12-7-3-4-8-14-12)15-13(17)16-9-5-2-6-10-16/h11-12,14H,2-10H2,1H3,(H,15,17). The molecule has 2 amide bonds. The maximum absolute atomic E-state index is 12.0. The van der Waals surface area contributed by atoms with Crippen LogP contribution in [0.15, 0.2) is 0 Å². The topological polar surface area (TPSA) is 44.4 Å². The molecule has 0 bridgehead atoms. The van der Waals surface area contributed by atoms with E-state index in [1.54, 1.807) is 0 Å². The fourth-order valence-corrected chi connectivity index (χ4v) is 2.79. The van der Waals surface area contributed by atoms with Crippen molar-refractivity contribution >= 4 is 6.03 Å². The van der Waals surface area contributed by atoms with Gasteiger partial charge in [0, 0.05) is 25.2 Å². The average molecular weight is 239 g/mol. The fourth-order valence-electron chi connectivity index (χ4n) is 2.79. The lowest BCUT2D eigenvalue weighted by Gasteiger charge is -2.33. The third kappa shape index (κ3) is 3.60. The number of urea groups is 1. The molecule has 17 heavy (non-hydrogen) atoms. The molecule has 2 aliphatic heterocycles. The summed E-state index contributed by atoms with van der Waals surface area (Å²) < 4.78 is 0. The molecule has 0 radical (unpaired) electrons. The normalized spacial score (nSPS) is 27.6. The summed E-state index contributed by atoms with van der Waals surface area (Å²) >= 11 is 0. The van der Waals surface area contributed by atoms with E-state index >= 15 is 0 Å². The Morgan fingerprint density at radius 1 is 1.24 bits per heavy atom. The van der Waals surface area contributed by atoms with Crippen LogP contribution in [0.1, 0.15) is 45.4 Å². The summed E-state index contributed by atoms with van der Waals surface area (Å²) in [6.07, 6.45) is 7.31. The average Bonchev–Trinajstić information content (AvgIpc) is 2.40. The molecule has 0 spiro atoms. The quantitative estimate of drug-likeness (QED) is 0.770. The van der Waals surface area contributed by atoms with Gasteiger partial charge in [0.1, 0.15) is 0 Å². The van der Waals surface area contributed by atoms with E-state index in [0.29, 0.717) is 6.04 Å². The molecule has 0 aromatic heterocycles. The van der Waals surface area contributed by atoms with Gasteiger partial charge in [0.25, 0.3) is 0 Å². The number of hydrogen-bond donors (Lipinski definition) is 2. The summed E-state index contributed by atoms with van der Waals surface area (Å²) in [5.41, 5.74) is 0. The number of hydrogen-bond acceptors (Lipinski definition) is 2. The Morgan fingerprint density at radius 2 is 2.00 bits per heavy atom. The van der Waals surface area contributed by atoms with Crippen molar-refractivity contribution in [3.8, 4) is 0 Å². The van der Waals surface area contributed by atoms with E-state index in [2.05, 4.69) is 17.6 Å². The van der Waals surface area contributed by atoms with Crippen LogP contribution < -0.4 is 10.6 Å². The van der Waals surface area contributed by atoms with Gasteiger partial charge in [0.2, 0.25) is 0 Å². The highest BCUT2D eigenvalue weighted by atomic mass is 16.2. The van der Waals surface area contributed by atoms with Crippen LogP contribution in [-0.2, 0) is 0 Å². The van der Waals surface area contributed by atoms with Crippen LogP contribution in [0.25, 0.3) is 0 Å². The van der Waals surface area contributed by atoms with Gasteiger partial charge < -0.3 is 15.5 Å². The minimum Gasteiger partial charge on any atom is -0.334 e. The maximum atomic E-state index is 12.0. The predicted molar refractivity (Wildman–Crippen MR) is 69.1 cm³/mol. The molecule has 2 N–H and O–H groups in total. The van der Waals surface area contributed by atoms with Crippen molar-refractivity contribution in [2.45, 2.75) is 57.5 Å². The smallest absolute Gasteiger partial charge is 0.317 e. The minimum atomic E-state index is 0.129. The van der Waals surface area contributed by atoms with Crippen molar-refractivity contribution in [3.63, 3.8) is 0 Å². The Hall–Kier alpha value is -0.770. The van der Waals surface area contributed by atoms with Gasteiger partial charge in [0.05, 0.1) is 0 Å². The van der Waals surface area contributed by atoms with Crippen molar-refractivity contribution < 1.29 is 4.79 Å². The molecule has 2 saturated heterocycles. The summed E-state index contributed by atoms with van der Waals surface area (Å²) in [4.78, 5) is 14.0. The second-order valence-electron chi connectivity index (χ2n) is 5.34. The highest BCUT2D eigenvalue weighted by Gasteiger charge is 2.23. The van der Waals surface area contributed by atoms with Gasteiger partial charge in [0.15, 0.2) is 0 Å². The second-order valence-corrected chi connectivity index (χ2v) is 5.34. The molecule has 0 aliphatic carbocycles. The predicted octanol–water partition coefficient (Wildman–Crippen LogP) is 1.71. The van der Waals surface area contributed by atoms with Crippen LogP contribution in [-0.4, -0.2) is 42.6 Å². The molecule has 4 nitrogen and oxygen atoms in total. The number of nitrogens with zero attached hydrogens (tertiary/aromatic N) is 1. The molecule has 2 unspecified atom stereocenters. The van der Waals surface area contributed by atoms with Crippen molar-refractivity contribution in [2.75, 3.05) is 19.6 Å². The fraction of sp³-hybridized carbons (Fsp3) is 0.923. The Kier molecular flexibility index (Phi) is 4.66. The lowest BCUT2D eigenvalue weighted by Crippen LogP contribution is -2.54. The Balaban J connectivity index is 1.76. The molecule has 2 aliphatic rings. The van der Waals surface area contributed by atoms with Gasteiger partial charge in [-0.3, -0.25) is 0 Å². The first kappa shape index (κ1) is 12.7. The second kappa shape index (κ2) is 6.24. The first-order chi connectivity index (χ1) is 8.27. The van der Waals surface area contributed by atoms with Gasteiger partial charge in [-0.25, -0.2) is 4.79 Å². The Bertz CT molecular complexity index is 245. The van der Waals surface area contributed by atoms with E-state index in [0.717, 1.165) is 32.5 Å². The van der Waals surface area contributed by atoms with Gasteiger partial charge in [-0.15, -0.1) is 0 Å². The Morgan fingerprint density at radius 3 is 2.65 bits per heavy atom. The van der Waals surface area contributed by atoms with Gasteiger partial charge >= 0.3 is 6.03 Å². The van der Waals surface area contributed by atoms with Crippen molar-refractivity contribution in [1.29, 1.82) is 0 Å². The maximum Gasteiger partial charge on any atom is 0.317 e. The molecule has 4 heteroatoms. The molecule has 2 heterocycles. The Labute approximate surface area is 104 Å². The summed E-state index contributed by atoms with van der Waals surface area (Å²) in [6.45, 7) is 5.06. The lowest BCUT2D eigenvalue weighted by molar-refractivity contribution is 0.179. The number of piperidine rings is 2. The summed E-state index contributed by atoms with van der Waals surface area (Å²) in [5.74, 6) is 0. The highest BCUT2D eigenvalue weighted by molar-refractivity contribution is 5.74. The van der Waals surface area contributed by atoms with Gasteiger partial charge in [-0.1, -0.05) is 6.42 Å². The van der Waals surface area contributed by atoms with E-state index in [1.807, 2.05) is 4.90 Å². The summed E-state index contributed by atoms with van der Waals surface area (Å²) in [6, 6.07) is 0.826. The number of amides is 2. The van der Waals surface area contributed by atoms with Crippen molar-refractivity contribution in [1.82, 2.24) is 15.5 Å². The third-order valence-electron chi connectivity index (χ3n) is 3.95. The highest BCUT2D eigenvalue weighted by Crippen LogP contribution is 2.12. The first-order valence-electron chi connectivity index (χ1n) is 7.06. The number of carbonyl (C=O) groups is 1. The van der Waals surface area contributed by atoms with Gasteiger partial charge in [-0.2, -0.15) is 0 Å². The zero-order valence-corrected chi connectivity index (χ0v) is 10.9. The van der Waals surface area contributed by atoms with Gasteiger partial charge in [-0.05, 0) is 45.6 Å². The molecule has 2 rings (SSSR count). The van der Waals surface area contributed by atoms with Crippen LogP contribution in [0.5, 0.6) is 0 Å². The van der Waals surface area contributed by atoms with Crippen LogP contribution in [0.3, 0.4) is 0 Å². The summed E-state index contributed by atoms with van der Waals surface area (Å²) in [7, 11) is 0. The summed E-state index contributed by atoms with van der Waals surface area (Å²) in [5, 5.41) is 6.64.